The van der Waals surface area contributed by atoms with Crippen molar-refractivity contribution in [1.82, 2.24) is 4.90 Å². The fourth-order valence-corrected chi connectivity index (χ4v) is 0.947. The second-order valence-corrected chi connectivity index (χ2v) is 2.34. The maximum absolute atomic E-state index is 8.53. The minimum absolute atomic E-state index is 0.286. The third kappa shape index (κ3) is 2.23. The van der Waals surface area contributed by atoms with Gasteiger partial charge in [-0.25, -0.2) is 0 Å². The van der Waals surface area contributed by atoms with Crippen molar-refractivity contribution in [2.45, 2.75) is 6.42 Å². The van der Waals surface area contributed by atoms with Crippen LogP contribution in [-0.2, 0) is 0 Å². The van der Waals surface area contributed by atoms with E-state index in [2.05, 4.69) is 17.2 Å². The van der Waals surface area contributed by atoms with E-state index in [4.69, 9.17) is 5.11 Å². The summed E-state index contributed by atoms with van der Waals surface area (Å²) in [4.78, 5) is 2.18. The lowest BCUT2D eigenvalue weighted by Gasteiger charge is -2.19. The number of hydrogen-bond donors (Lipinski definition) is 1. The summed E-state index contributed by atoms with van der Waals surface area (Å²) in [6, 6.07) is 0. The van der Waals surface area contributed by atoms with Crippen LogP contribution in [0.4, 0.5) is 0 Å². The Morgan fingerprint density at radius 1 is 1.40 bits per heavy atom. The number of allylic oxidation sites excluding steroid dienone is 2. The van der Waals surface area contributed by atoms with Crippen molar-refractivity contribution in [3.05, 3.63) is 24.4 Å². The second kappa shape index (κ2) is 4.12. The molecule has 0 radical (unpaired) electrons. The molecule has 0 bridgehead atoms. The van der Waals surface area contributed by atoms with Crippen molar-refractivity contribution in [1.29, 1.82) is 0 Å². The molecule has 0 aromatic carbocycles. The van der Waals surface area contributed by atoms with Gasteiger partial charge in [0.15, 0.2) is 0 Å². The maximum atomic E-state index is 8.53. The molecule has 0 spiro atoms. The van der Waals surface area contributed by atoms with Crippen LogP contribution in [0.25, 0.3) is 0 Å². The second-order valence-electron chi connectivity index (χ2n) is 2.34. The molecule has 56 valence electrons. The van der Waals surface area contributed by atoms with Crippen molar-refractivity contribution in [3.8, 4) is 0 Å². The molecular formula is C8H13NO. The van der Waals surface area contributed by atoms with E-state index in [-0.39, 0.29) is 6.61 Å². The van der Waals surface area contributed by atoms with Gasteiger partial charge in [-0.2, -0.15) is 0 Å². The van der Waals surface area contributed by atoms with E-state index in [9.17, 15) is 0 Å². The van der Waals surface area contributed by atoms with Gasteiger partial charge in [0.05, 0.1) is 0 Å². The Kier molecular flexibility index (Phi) is 3.03. The molecule has 2 nitrogen and oxygen atoms in total. The molecule has 0 saturated heterocycles. The van der Waals surface area contributed by atoms with E-state index in [1.807, 2.05) is 12.2 Å². The quantitative estimate of drug-likeness (QED) is 0.623. The summed E-state index contributed by atoms with van der Waals surface area (Å²) in [7, 11) is 0. The van der Waals surface area contributed by atoms with E-state index in [0.29, 0.717) is 0 Å². The summed E-state index contributed by atoms with van der Waals surface area (Å²) >= 11 is 0. The Bertz CT molecular complexity index is 140. The first-order valence-electron chi connectivity index (χ1n) is 3.62. The molecule has 1 rings (SSSR count). The molecular weight excluding hydrogens is 126 g/mol. The van der Waals surface area contributed by atoms with Gasteiger partial charge >= 0.3 is 0 Å². The molecule has 1 heterocycles. The SMILES string of the molecule is OCCCN1C=CC=CC1. The first-order valence-corrected chi connectivity index (χ1v) is 3.62. The lowest BCUT2D eigenvalue weighted by atomic mass is 10.3. The molecule has 2 heteroatoms. The van der Waals surface area contributed by atoms with Crippen molar-refractivity contribution in [2.75, 3.05) is 19.7 Å². The van der Waals surface area contributed by atoms with E-state index >= 15 is 0 Å². The van der Waals surface area contributed by atoms with Crippen LogP contribution in [0.1, 0.15) is 6.42 Å². The van der Waals surface area contributed by atoms with Gasteiger partial charge in [-0.1, -0.05) is 12.2 Å². The molecule has 1 aliphatic rings. The van der Waals surface area contributed by atoms with Crippen molar-refractivity contribution < 1.29 is 5.11 Å². The molecule has 0 aromatic rings. The standard InChI is InChI=1S/C8H13NO/c10-8-4-7-9-5-2-1-3-6-9/h1-3,5,10H,4,6-8H2. The van der Waals surface area contributed by atoms with Crippen LogP contribution < -0.4 is 0 Å². The lowest BCUT2D eigenvalue weighted by Crippen LogP contribution is -2.20. The molecule has 1 aliphatic heterocycles. The van der Waals surface area contributed by atoms with Gasteiger partial charge in [-0.3, -0.25) is 0 Å². The van der Waals surface area contributed by atoms with Crippen LogP contribution in [0.2, 0.25) is 0 Å². The van der Waals surface area contributed by atoms with Crippen molar-refractivity contribution in [2.24, 2.45) is 0 Å². The zero-order valence-corrected chi connectivity index (χ0v) is 6.03. The summed E-state index contributed by atoms with van der Waals surface area (Å²) < 4.78 is 0. The van der Waals surface area contributed by atoms with Gasteiger partial charge in [-0.05, 0) is 18.7 Å². The summed E-state index contributed by atoms with van der Waals surface area (Å²) in [6.07, 6.45) is 9.07. The number of nitrogens with zero attached hydrogens (tertiary/aromatic N) is 1. The third-order valence-corrected chi connectivity index (χ3v) is 1.49. The van der Waals surface area contributed by atoms with Gasteiger partial charge in [0.1, 0.15) is 0 Å². The Morgan fingerprint density at radius 2 is 2.30 bits per heavy atom. The van der Waals surface area contributed by atoms with Crippen LogP contribution in [0.15, 0.2) is 24.4 Å². The first-order chi connectivity index (χ1) is 4.93. The van der Waals surface area contributed by atoms with E-state index in [1.165, 1.54) is 0 Å². The summed E-state index contributed by atoms with van der Waals surface area (Å²) in [5, 5.41) is 8.53. The molecule has 0 unspecified atom stereocenters. The normalized spacial score (nSPS) is 16.3. The Hall–Kier alpha value is -0.760. The van der Waals surface area contributed by atoms with Gasteiger partial charge in [0.25, 0.3) is 0 Å². The first kappa shape index (κ1) is 7.35. The highest BCUT2D eigenvalue weighted by Crippen LogP contribution is 1.98. The van der Waals surface area contributed by atoms with Gasteiger partial charge in [0, 0.05) is 19.7 Å². The lowest BCUT2D eigenvalue weighted by molar-refractivity contribution is 0.264. The van der Waals surface area contributed by atoms with Crippen LogP contribution in [0, 0.1) is 0 Å². The third-order valence-electron chi connectivity index (χ3n) is 1.49. The number of aliphatic hydroxyl groups excluding tert-OH is 1. The van der Waals surface area contributed by atoms with Crippen molar-refractivity contribution >= 4 is 0 Å². The molecule has 0 amide bonds. The topological polar surface area (TPSA) is 23.5 Å². The summed E-state index contributed by atoms with van der Waals surface area (Å²) in [5.41, 5.74) is 0. The fourth-order valence-electron chi connectivity index (χ4n) is 0.947. The predicted molar refractivity (Wildman–Crippen MR) is 41.6 cm³/mol. The highest BCUT2D eigenvalue weighted by Gasteiger charge is 1.96. The minimum atomic E-state index is 0.286. The monoisotopic (exact) mass is 139 g/mol. The molecule has 0 aliphatic carbocycles. The number of aliphatic hydroxyl groups is 1. The number of hydrogen-bond acceptors (Lipinski definition) is 2. The smallest absolute Gasteiger partial charge is 0.0447 e. The van der Waals surface area contributed by atoms with E-state index < -0.39 is 0 Å². The van der Waals surface area contributed by atoms with Crippen LogP contribution >= 0.6 is 0 Å². The molecule has 0 saturated carbocycles. The van der Waals surface area contributed by atoms with E-state index in [0.717, 1.165) is 19.5 Å². The highest BCUT2D eigenvalue weighted by molar-refractivity contribution is 5.08. The number of rotatable bonds is 3. The van der Waals surface area contributed by atoms with E-state index in [1.54, 1.807) is 0 Å². The zero-order valence-electron chi connectivity index (χ0n) is 6.03. The largest absolute Gasteiger partial charge is 0.396 e. The maximum Gasteiger partial charge on any atom is 0.0447 e. The molecule has 0 aromatic heterocycles. The molecule has 0 atom stereocenters. The summed E-state index contributed by atoms with van der Waals surface area (Å²) in [5.74, 6) is 0. The van der Waals surface area contributed by atoms with Gasteiger partial charge < -0.3 is 10.0 Å². The molecule has 0 fully saturated rings. The van der Waals surface area contributed by atoms with Crippen LogP contribution in [-0.4, -0.2) is 29.7 Å². The Morgan fingerprint density at radius 3 is 2.90 bits per heavy atom. The fraction of sp³-hybridized carbons (Fsp3) is 0.500. The Balaban J connectivity index is 2.17. The minimum Gasteiger partial charge on any atom is -0.396 e. The summed E-state index contributed by atoms with van der Waals surface area (Å²) in [6.45, 7) is 2.22. The van der Waals surface area contributed by atoms with Gasteiger partial charge in [-0.15, -0.1) is 0 Å². The zero-order chi connectivity index (χ0) is 7.23. The average Bonchev–Trinajstić information content (AvgIpc) is 2.03. The predicted octanol–water partition coefficient (Wildman–Crippen LogP) is 0.754. The van der Waals surface area contributed by atoms with Gasteiger partial charge in [0.2, 0.25) is 0 Å². The Labute approximate surface area is 61.5 Å². The molecule has 1 N–H and O–H groups in total. The van der Waals surface area contributed by atoms with Crippen molar-refractivity contribution in [3.63, 3.8) is 0 Å². The van der Waals surface area contributed by atoms with Crippen LogP contribution in [0.3, 0.4) is 0 Å². The van der Waals surface area contributed by atoms with Crippen LogP contribution in [0.5, 0.6) is 0 Å². The molecule has 10 heavy (non-hydrogen) atoms. The highest BCUT2D eigenvalue weighted by atomic mass is 16.3. The average molecular weight is 139 g/mol.